The van der Waals surface area contributed by atoms with E-state index in [0.717, 1.165) is 24.1 Å². The zero-order valence-electron chi connectivity index (χ0n) is 15.9. The first kappa shape index (κ1) is 19.3. The van der Waals surface area contributed by atoms with Crippen molar-refractivity contribution in [2.45, 2.75) is 36.2 Å². The molecule has 0 saturated heterocycles. The summed E-state index contributed by atoms with van der Waals surface area (Å²) in [7, 11) is 0. The molecule has 0 unspecified atom stereocenters. The molecule has 0 radical (unpaired) electrons. The third-order valence-corrected chi connectivity index (χ3v) is 6.45. The molecule has 8 heteroatoms. The van der Waals surface area contributed by atoms with Crippen molar-refractivity contribution < 1.29 is 9.18 Å². The van der Waals surface area contributed by atoms with Crippen LogP contribution < -0.4 is 5.32 Å². The number of anilines is 1. The van der Waals surface area contributed by atoms with Crippen molar-refractivity contribution in [3.05, 3.63) is 81.8 Å². The standard InChI is InChI=1S/C22H18ClFN4OS/c23-14-6-3-5-13(11-14)12-30-22-26-21-25-17-9-4-10-18(29)19(17)20(28(21)27-22)15-7-1-2-8-16(15)24/h1-3,5-8,11,20H,4,9-10,12H2,(H,25,26,27)/t20-/m0/s1. The molecule has 1 aromatic heterocycles. The zero-order valence-corrected chi connectivity index (χ0v) is 17.5. The molecule has 5 nitrogen and oxygen atoms in total. The lowest BCUT2D eigenvalue weighted by Crippen LogP contribution is -2.32. The second-order valence-electron chi connectivity index (χ2n) is 7.30. The Morgan fingerprint density at radius 3 is 2.90 bits per heavy atom. The first-order valence-corrected chi connectivity index (χ1v) is 11.1. The molecular weight excluding hydrogens is 423 g/mol. The molecule has 30 heavy (non-hydrogen) atoms. The van der Waals surface area contributed by atoms with Crippen LogP contribution in [0, 0.1) is 5.82 Å². The third kappa shape index (κ3) is 3.52. The van der Waals surface area contributed by atoms with Gasteiger partial charge in [-0.25, -0.2) is 9.07 Å². The first-order chi connectivity index (χ1) is 14.6. The molecule has 1 N–H and O–H groups in total. The van der Waals surface area contributed by atoms with E-state index < -0.39 is 6.04 Å². The summed E-state index contributed by atoms with van der Waals surface area (Å²) in [5.41, 5.74) is 2.91. The molecule has 2 heterocycles. The van der Waals surface area contributed by atoms with E-state index in [1.807, 2.05) is 24.3 Å². The lowest BCUT2D eigenvalue weighted by Gasteiger charge is -2.32. The van der Waals surface area contributed by atoms with E-state index in [1.54, 1.807) is 22.9 Å². The van der Waals surface area contributed by atoms with E-state index >= 15 is 0 Å². The third-order valence-electron chi connectivity index (χ3n) is 5.31. The van der Waals surface area contributed by atoms with E-state index in [9.17, 15) is 9.18 Å². The fourth-order valence-corrected chi connectivity index (χ4v) is 4.94. The first-order valence-electron chi connectivity index (χ1n) is 9.71. The molecule has 2 aliphatic rings. The van der Waals surface area contributed by atoms with Gasteiger partial charge in [0.1, 0.15) is 11.9 Å². The van der Waals surface area contributed by atoms with Gasteiger partial charge in [0, 0.05) is 34.0 Å². The Kier molecular flexibility index (Phi) is 5.08. The molecule has 0 fully saturated rings. The summed E-state index contributed by atoms with van der Waals surface area (Å²) in [4.78, 5) is 17.4. The molecule has 1 atom stereocenters. The van der Waals surface area contributed by atoms with E-state index in [-0.39, 0.29) is 11.6 Å². The average Bonchev–Trinajstić information content (AvgIpc) is 3.14. The number of nitrogens with one attached hydrogen (secondary N) is 1. The van der Waals surface area contributed by atoms with E-state index in [1.165, 1.54) is 17.8 Å². The predicted octanol–water partition coefficient (Wildman–Crippen LogP) is 5.38. The highest BCUT2D eigenvalue weighted by atomic mass is 35.5. The van der Waals surface area contributed by atoms with Gasteiger partial charge < -0.3 is 5.32 Å². The van der Waals surface area contributed by atoms with Gasteiger partial charge in [-0.2, -0.15) is 4.98 Å². The van der Waals surface area contributed by atoms with Gasteiger partial charge in [0.25, 0.3) is 0 Å². The number of Topliss-reactive ketones (excluding diaryl/α,β-unsaturated/α-hetero) is 1. The van der Waals surface area contributed by atoms with Crippen LogP contribution in [0.2, 0.25) is 5.02 Å². The smallest absolute Gasteiger partial charge is 0.227 e. The number of aromatic nitrogens is 3. The number of rotatable bonds is 4. The van der Waals surface area contributed by atoms with Crippen LogP contribution >= 0.6 is 23.4 Å². The van der Waals surface area contributed by atoms with Gasteiger partial charge in [0.2, 0.25) is 11.1 Å². The summed E-state index contributed by atoms with van der Waals surface area (Å²) in [6, 6.07) is 13.6. The van der Waals surface area contributed by atoms with Crippen LogP contribution in [-0.4, -0.2) is 20.5 Å². The lowest BCUT2D eigenvalue weighted by molar-refractivity contribution is -0.116. The Bertz CT molecular complexity index is 1180. The average molecular weight is 441 g/mol. The van der Waals surface area contributed by atoms with Crippen LogP contribution in [0.3, 0.4) is 0 Å². The lowest BCUT2D eigenvalue weighted by atomic mass is 9.85. The van der Waals surface area contributed by atoms with Crippen molar-refractivity contribution >= 4 is 35.1 Å². The van der Waals surface area contributed by atoms with Crippen LogP contribution in [0.4, 0.5) is 10.3 Å². The Morgan fingerprint density at radius 2 is 2.07 bits per heavy atom. The van der Waals surface area contributed by atoms with Gasteiger partial charge in [0.05, 0.1) is 0 Å². The normalized spacial score (nSPS) is 18.1. The number of ketones is 1. The molecular formula is C22H18ClFN4OS. The molecule has 0 amide bonds. The highest BCUT2D eigenvalue weighted by Crippen LogP contribution is 2.41. The van der Waals surface area contributed by atoms with Crippen molar-refractivity contribution in [3.8, 4) is 0 Å². The Balaban J connectivity index is 1.52. The van der Waals surface area contributed by atoms with E-state index in [2.05, 4.69) is 15.4 Å². The van der Waals surface area contributed by atoms with Crippen LogP contribution in [0.1, 0.15) is 36.4 Å². The molecule has 5 rings (SSSR count). The quantitative estimate of drug-likeness (QED) is 0.551. The minimum absolute atomic E-state index is 0.0336. The van der Waals surface area contributed by atoms with Crippen LogP contribution in [-0.2, 0) is 10.5 Å². The summed E-state index contributed by atoms with van der Waals surface area (Å²) in [6.07, 6.45) is 1.98. The highest BCUT2D eigenvalue weighted by molar-refractivity contribution is 7.98. The monoisotopic (exact) mass is 440 g/mol. The summed E-state index contributed by atoms with van der Waals surface area (Å²) in [5.74, 6) is 0.862. The minimum atomic E-state index is -0.613. The fraction of sp³-hybridized carbons (Fsp3) is 0.227. The number of nitrogens with zero attached hydrogens (tertiary/aromatic N) is 3. The largest absolute Gasteiger partial charge is 0.328 e. The number of benzene rings is 2. The number of allylic oxidation sites excluding steroid dienone is 2. The van der Waals surface area contributed by atoms with Crippen molar-refractivity contribution in [1.29, 1.82) is 0 Å². The SMILES string of the molecule is O=C1CCCC2=C1[C@H](c1ccccc1F)n1nc(SCc3cccc(Cl)c3)nc1N2. The molecule has 152 valence electrons. The second-order valence-corrected chi connectivity index (χ2v) is 8.68. The molecule has 1 aliphatic carbocycles. The van der Waals surface area contributed by atoms with Crippen molar-refractivity contribution in [2.75, 3.05) is 5.32 Å². The van der Waals surface area contributed by atoms with Crippen LogP contribution in [0.25, 0.3) is 0 Å². The number of carbonyl (C=O) groups is 1. The summed E-state index contributed by atoms with van der Waals surface area (Å²) < 4.78 is 16.4. The van der Waals surface area contributed by atoms with Crippen LogP contribution in [0.5, 0.6) is 0 Å². The molecule has 0 spiro atoms. The van der Waals surface area contributed by atoms with Gasteiger partial charge in [-0.3, -0.25) is 4.79 Å². The van der Waals surface area contributed by atoms with Gasteiger partial charge >= 0.3 is 0 Å². The molecule has 2 aromatic carbocycles. The maximum absolute atomic E-state index is 14.7. The minimum Gasteiger partial charge on any atom is -0.328 e. The molecule has 3 aromatic rings. The maximum atomic E-state index is 14.7. The van der Waals surface area contributed by atoms with E-state index in [0.29, 0.717) is 39.4 Å². The van der Waals surface area contributed by atoms with Crippen molar-refractivity contribution in [2.24, 2.45) is 0 Å². The van der Waals surface area contributed by atoms with Gasteiger partial charge in [0.15, 0.2) is 5.78 Å². The number of thioether (sulfide) groups is 1. The van der Waals surface area contributed by atoms with Gasteiger partial charge in [-0.15, -0.1) is 5.10 Å². The van der Waals surface area contributed by atoms with Gasteiger partial charge in [-0.05, 0) is 36.6 Å². The predicted molar refractivity (Wildman–Crippen MR) is 115 cm³/mol. The van der Waals surface area contributed by atoms with Crippen molar-refractivity contribution in [1.82, 2.24) is 14.8 Å². The van der Waals surface area contributed by atoms with Crippen molar-refractivity contribution in [3.63, 3.8) is 0 Å². The fourth-order valence-electron chi connectivity index (χ4n) is 3.96. The Labute approximate surface area is 182 Å². The maximum Gasteiger partial charge on any atom is 0.227 e. The summed E-state index contributed by atoms with van der Waals surface area (Å²) in [6.45, 7) is 0. The van der Waals surface area contributed by atoms with Gasteiger partial charge in [-0.1, -0.05) is 53.7 Å². The molecule has 0 bridgehead atoms. The Morgan fingerprint density at radius 1 is 1.20 bits per heavy atom. The molecule has 1 aliphatic heterocycles. The summed E-state index contributed by atoms with van der Waals surface area (Å²) >= 11 is 7.54. The number of hydrogen-bond donors (Lipinski definition) is 1. The number of carbonyl (C=O) groups excluding carboxylic acids is 1. The summed E-state index contributed by atoms with van der Waals surface area (Å²) in [5, 5.41) is 9.14. The second kappa shape index (κ2) is 7.89. The number of fused-ring (bicyclic) bond motifs is 1. The number of hydrogen-bond acceptors (Lipinski definition) is 5. The van der Waals surface area contributed by atoms with Crippen LogP contribution in [0.15, 0.2) is 65.0 Å². The topological polar surface area (TPSA) is 59.8 Å². The molecule has 0 saturated carbocycles. The Hall–Kier alpha value is -2.64. The number of halogens is 2. The highest BCUT2D eigenvalue weighted by Gasteiger charge is 2.37. The van der Waals surface area contributed by atoms with E-state index in [4.69, 9.17) is 11.6 Å². The zero-order chi connectivity index (χ0) is 20.7.